The number of amides is 2. The van der Waals surface area contributed by atoms with Crippen LogP contribution in [-0.2, 0) is 14.3 Å². The molecule has 1 aromatic carbocycles. The van der Waals surface area contributed by atoms with E-state index in [1.807, 2.05) is 0 Å². The summed E-state index contributed by atoms with van der Waals surface area (Å²) in [5.41, 5.74) is -0.422. The van der Waals surface area contributed by atoms with E-state index in [0.717, 1.165) is 19.4 Å². The van der Waals surface area contributed by atoms with E-state index in [1.165, 1.54) is 7.11 Å². The van der Waals surface area contributed by atoms with Gasteiger partial charge in [-0.1, -0.05) is 11.6 Å². The van der Waals surface area contributed by atoms with Crippen molar-refractivity contribution in [3.05, 3.63) is 23.2 Å². The van der Waals surface area contributed by atoms with Gasteiger partial charge in [0.1, 0.15) is 11.2 Å². The predicted octanol–water partition coefficient (Wildman–Crippen LogP) is 2.36. The third-order valence-corrected chi connectivity index (χ3v) is 4.84. The maximum atomic E-state index is 12.5. The molecule has 1 saturated heterocycles. The van der Waals surface area contributed by atoms with Crippen molar-refractivity contribution in [3.63, 3.8) is 0 Å². The Hall–Kier alpha value is -1.79. The molecule has 0 spiro atoms. The topological polar surface area (TPSA) is 76.7 Å². The van der Waals surface area contributed by atoms with Crippen LogP contribution in [0.5, 0.6) is 5.75 Å². The Morgan fingerprint density at radius 1 is 1.38 bits per heavy atom. The lowest BCUT2D eigenvalue weighted by atomic mass is 10.0. The second kappa shape index (κ2) is 6.99. The summed E-state index contributed by atoms with van der Waals surface area (Å²) < 4.78 is 10.6. The maximum absolute atomic E-state index is 12.5. The minimum Gasteiger partial charge on any atom is -0.495 e. The first-order chi connectivity index (χ1) is 11.5. The SMILES string of the molecule is COc1ccc(NC(=O)C2(C(=O)NCC3CCCO3)CC2)cc1Cl. The number of halogens is 1. The molecule has 6 nitrogen and oxygen atoms in total. The highest BCUT2D eigenvalue weighted by molar-refractivity contribution is 6.32. The van der Waals surface area contributed by atoms with E-state index >= 15 is 0 Å². The average molecular weight is 353 g/mol. The summed E-state index contributed by atoms with van der Waals surface area (Å²) >= 11 is 6.06. The third kappa shape index (κ3) is 3.49. The quantitative estimate of drug-likeness (QED) is 0.770. The monoisotopic (exact) mass is 352 g/mol. The number of anilines is 1. The first-order valence-electron chi connectivity index (χ1n) is 8.10. The molecule has 0 bridgehead atoms. The standard InChI is InChI=1S/C17H21ClN2O4/c1-23-14-5-4-11(9-13(14)18)20-16(22)17(6-7-17)15(21)19-10-12-3-2-8-24-12/h4-5,9,12H,2-3,6-8,10H2,1H3,(H,19,21)(H,20,22). The molecule has 0 aromatic heterocycles. The zero-order valence-electron chi connectivity index (χ0n) is 13.6. The normalized spacial score (nSPS) is 21.2. The smallest absolute Gasteiger partial charge is 0.240 e. The van der Waals surface area contributed by atoms with Gasteiger partial charge in [0.25, 0.3) is 0 Å². The van der Waals surface area contributed by atoms with Crippen LogP contribution in [0, 0.1) is 5.41 Å². The molecule has 1 atom stereocenters. The highest BCUT2D eigenvalue weighted by Crippen LogP contribution is 2.47. The van der Waals surface area contributed by atoms with Gasteiger partial charge in [0.2, 0.25) is 11.8 Å². The van der Waals surface area contributed by atoms with Crippen LogP contribution >= 0.6 is 11.6 Å². The molecule has 2 amide bonds. The molecule has 2 fully saturated rings. The summed E-state index contributed by atoms with van der Waals surface area (Å²) in [6.45, 7) is 1.20. The first-order valence-corrected chi connectivity index (χ1v) is 8.48. The van der Waals surface area contributed by atoms with Crippen LogP contribution in [0.4, 0.5) is 5.69 Å². The van der Waals surface area contributed by atoms with Gasteiger partial charge in [0, 0.05) is 18.8 Å². The Morgan fingerprint density at radius 2 is 2.17 bits per heavy atom. The van der Waals surface area contributed by atoms with Crippen LogP contribution in [-0.4, -0.2) is 38.2 Å². The molecule has 7 heteroatoms. The van der Waals surface area contributed by atoms with Gasteiger partial charge in [-0.05, 0) is 43.9 Å². The summed E-state index contributed by atoms with van der Waals surface area (Å²) in [6, 6.07) is 4.98. The predicted molar refractivity (Wildman–Crippen MR) is 90.3 cm³/mol. The molecule has 1 aliphatic heterocycles. The number of rotatable bonds is 6. The fourth-order valence-corrected chi connectivity index (χ4v) is 3.12. The highest BCUT2D eigenvalue weighted by atomic mass is 35.5. The van der Waals surface area contributed by atoms with E-state index in [4.69, 9.17) is 21.1 Å². The first kappa shape index (κ1) is 17.0. The van der Waals surface area contributed by atoms with Crippen molar-refractivity contribution in [1.82, 2.24) is 5.32 Å². The molecule has 130 valence electrons. The van der Waals surface area contributed by atoms with Crippen molar-refractivity contribution in [3.8, 4) is 5.75 Å². The van der Waals surface area contributed by atoms with Crippen molar-refractivity contribution >= 4 is 29.1 Å². The number of ether oxygens (including phenoxy) is 2. The van der Waals surface area contributed by atoms with Crippen molar-refractivity contribution in [2.45, 2.75) is 31.8 Å². The van der Waals surface area contributed by atoms with Crippen molar-refractivity contribution in [2.75, 3.05) is 25.6 Å². The Labute approximate surface area is 145 Å². The largest absolute Gasteiger partial charge is 0.495 e. The minimum atomic E-state index is -0.967. The van der Waals surface area contributed by atoms with Crippen LogP contribution in [0.1, 0.15) is 25.7 Å². The number of nitrogens with one attached hydrogen (secondary N) is 2. The maximum Gasteiger partial charge on any atom is 0.240 e. The number of hydrogen-bond donors (Lipinski definition) is 2. The second-order valence-corrected chi connectivity index (χ2v) is 6.64. The molecule has 2 aliphatic rings. The van der Waals surface area contributed by atoms with Crippen LogP contribution in [0.3, 0.4) is 0 Å². The molecule has 1 aromatic rings. The highest BCUT2D eigenvalue weighted by Gasteiger charge is 2.56. The van der Waals surface area contributed by atoms with E-state index in [1.54, 1.807) is 18.2 Å². The molecular formula is C17H21ClN2O4. The third-order valence-electron chi connectivity index (χ3n) is 4.54. The number of benzene rings is 1. The molecule has 0 radical (unpaired) electrons. The van der Waals surface area contributed by atoms with Gasteiger partial charge in [-0.3, -0.25) is 9.59 Å². The molecule has 2 N–H and O–H groups in total. The average Bonchev–Trinajstić information content (AvgIpc) is 3.22. The Bertz CT molecular complexity index is 639. The Morgan fingerprint density at radius 3 is 2.75 bits per heavy atom. The molecule has 1 heterocycles. The zero-order valence-corrected chi connectivity index (χ0v) is 14.3. The Kier molecular flexibility index (Phi) is 4.96. The number of methoxy groups -OCH3 is 1. The summed E-state index contributed by atoms with van der Waals surface area (Å²) in [7, 11) is 1.52. The lowest BCUT2D eigenvalue weighted by Gasteiger charge is -2.17. The lowest BCUT2D eigenvalue weighted by molar-refractivity contribution is -0.134. The van der Waals surface area contributed by atoms with Crippen LogP contribution in [0.25, 0.3) is 0 Å². The second-order valence-electron chi connectivity index (χ2n) is 6.23. The molecular weight excluding hydrogens is 332 g/mol. The van der Waals surface area contributed by atoms with Gasteiger partial charge in [-0.2, -0.15) is 0 Å². The van der Waals surface area contributed by atoms with Gasteiger partial charge in [0.15, 0.2) is 0 Å². The number of hydrogen-bond acceptors (Lipinski definition) is 4. The molecule has 3 rings (SSSR count). The van der Waals surface area contributed by atoms with Gasteiger partial charge < -0.3 is 20.1 Å². The fraction of sp³-hybridized carbons (Fsp3) is 0.529. The molecule has 1 aliphatic carbocycles. The van der Waals surface area contributed by atoms with E-state index in [9.17, 15) is 9.59 Å². The number of carbonyl (C=O) groups excluding carboxylic acids is 2. The summed E-state index contributed by atoms with van der Waals surface area (Å²) in [5, 5.41) is 6.03. The van der Waals surface area contributed by atoms with E-state index in [0.29, 0.717) is 35.8 Å². The zero-order chi connectivity index (χ0) is 17.2. The van der Waals surface area contributed by atoms with Crippen LogP contribution < -0.4 is 15.4 Å². The lowest BCUT2D eigenvalue weighted by Crippen LogP contribution is -2.42. The van der Waals surface area contributed by atoms with Crippen molar-refractivity contribution < 1.29 is 19.1 Å². The molecule has 24 heavy (non-hydrogen) atoms. The van der Waals surface area contributed by atoms with E-state index in [2.05, 4.69) is 10.6 Å². The Balaban J connectivity index is 1.59. The van der Waals surface area contributed by atoms with Gasteiger partial charge in [-0.25, -0.2) is 0 Å². The van der Waals surface area contributed by atoms with Gasteiger partial charge in [-0.15, -0.1) is 0 Å². The van der Waals surface area contributed by atoms with Gasteiger partial charge in [0.05, 0.1) is 18.2 Å². The van der Waals surface area contributed by atoms with Crippen LogP contribution in [0.15, 0.2) is 18.2 Å². The summed E-state index contributed by atoms with van der Waals surface area (Å²) in [5.74, 6) is 0.00814. The minimum absolute atomic E-state index is 0.0632. The summed E-state index contributed by atoms with van der Waals surface area (Å²) in [6.07, 6.45) is 3.14. The van der Waals surface area contributed by atoms with E-state index in [-0.39, 0.29) is 17.9 Å². The van der Waals surface area contributed by atoms with Crippen molar-refractivity contribution in [1.29, 1.82) is 0 Å². The van der Waals surface area contributed by atoms with E-state index < -0.39 is 5.41 Å². The van der Waals surface area contributed by atoms with Gasteiger partial charge >= 0.3 is 0 Å². The fourth-order valence-electron chi connectivity index (χ4n) is 2.86. The molecule has 1 unspecified atom stereocenters. The number of carbonyl (C=O) groups is 2. The summed E-state index contributed by atoms with van der Waals surface area (Å²) in [4.78, 5) is 24.9. The molecule has 1 saturated carbocycles. The van der Waals surface area contributed by atoms with Crippen LogP contribution in [0.2, 0.25) is 5.02 Å². The van der Waals surface area contributed by atoms with Crippen molar-refractivity contribution in [2.24, 2.45) is 5.41 Å².